The van der Waals surface area contributed by atoms with Crippen LogP contribution in [0.5, 0.6) is 0 Å². The second-order valence-corrected chi connectivity index (χ2v) is 7.18. The van der Waals surface area contributed by atoms with Crippen molar-refractivity contribution in [3.63, 3.8) is 0 Å². The molecule has 7 heteroatoms. The molecule has 0 bridgehead atoms. The molecule has 4 aromatic rings. The van der Waals surface area contributed by atoms with Gasteiger partial charge in [0.1, 0.15) is 17.8 Å². The van der Waals surface area contributed by atoms with E-state index in [9.17, 15) is 0 Å². The predicted molar refractivity (Wildman–Crippen MR) is 97.0 cm³/mol. The average molecular weight is 341 g/mol. The van der Waals surface area contributed by atoms with Gasteiger partial charge in [0.15, 0.2) is 5.65 Å². The molecule has 0 radical (unpaired) electrons. The van der Waals surface area contributed by atoms with E-state index < -0.39 is 0 Å². The van der Waals surface area contributed by atoms with Crippen molar-refractivity contribution < 1.29 is 0 Å². The molecule has 0 atom stereocenters. The average Bonchev–Trinajstić information content (AvgIpc) is 3.09. The zero-order valence-corrected chi connectivity index (χ0v) is 14.4. The molecular formula is C17H17ClN6. The van der Waals surface area contributed by atoms with Crippen LogP contribution in [0.1, 0.15) is 20.8 Å². The number of rotatable bonds is 1. The highest BCUT2D eigenvalue weighted by Crippen LogP contribution is 2.35. The Morgan fingerprint density at radius 1 is 1.21 bits per heavy atom. The molecule has 4 rings (SSSR count). The van der Waals surface area contributed by atoms with Crippen LogP contribution in [0, 0.1) is 0 Å². The Morgan fingerprint density at radius 3 is 2.71 bits per heavy atom. The summed E-state index contributed by atoms with van der Waals surface area (Å²) in [5, 5.41) is 7.16. The first-order chi connectivity index (χ1) is 11.4. The number of aromatic amines is 1. The Morgan fingerprint density at radius 2 is 2.00 bits per heavy atom. The fraction of sp³-hybridized carbons (Fsp3) is 0.235. The summed E-state index contributed by atoms with van der Waals surface area (Å²) >= 11 is 6.29. The minimum atomic E-state index is -0.235. The number of hydrogen-bond acceptors (Lipinski definition) is 4. The zero-order chi connectivity index (χ0) is 17.1. The van der Waals surface area contributed by atoms with Crippen molar-refractivity contribution in [1.82, 2.24) is 24.7 Å². The predicted octanol–water partition coefficient (Wildman–Crippen LogP) is 3.97. The van der Waals surface area contributed by atoms with E-state index in [0.717, 1.165) is 33.3 Å². The first kappa shape index (κ1) is 15.0. The molecule has 3 aromatic heterocycles. The number of nitrogens with one attached hydrogen (secondary N) is 1. The van der Waals surface area contributed by atoms with E-state index in [4.69, 9.17) is 22.4 Å². The van der Waals surface area contributed by atoms with Gasteiger partial charge in [0.05, 0.1) is 16.6 Å². The largest absolute Gasteiger partial charge is 0.383 e. The molecule has 0 aliphatic carbocycles. The van der Waals surface area contributed by atoms with Crippen molar-refractivity contribution in [3.8, 4) is 11.4 Å². The van der Waals surface area contributed by atoms with Gasteiger partial charge in [-0.05, 0) is 39.0 Å². The summed E-state index contributed by atoms with van der Waals surface area (Å²) < 4.78 is 1.88. The van der Waals surface area contributed by atoms with Gasteiger partial charge < -0.3 is 10.7 Å². The van der Waals surface area contributed by atoms with Gasteiger partial charge in [-0.15, -0.1) is 0 Å². The SMILES string of the molecule is CC(C)(C)n1nc(-c2cc3c(Cl)cccc3[nH]2)c2c(N)ncnc21. The van der Waals surface area contributed by atoms with Crippen molar-refractivity contribution in [2.45, 2.75) is 26.3 Å². The van der Waals surface area contributed by atoms with Gasteiger partial charge in [0.2, 0.25) is 0 Å². The van der Waals surface area contributed by atoms with Crippen LogP contribution in [0.3, 0.4) is 0 Å². The Bertz CT molecular complexity index is 1070. The number of halogens is 1. The minimum Gasteiger partial charge on any atom is -0.383 e. The monoisotopic (exact) mass is 340 g/mol. The quantitative estimate of drug-likeness (QED) is 0.549. The number of nitrogens with two attached hydrogens (primary N) is 1. The number of fused-ring (bicyclic) bond motifs is 2. The maximum Gasteiger partial charge on any atom is 0.164 e. The van der Waals surface area contributed by atoms with E-state index in [2.05, 4.69) is 35.7 Å². The molecule has 6 nitrogen and oxygen atoms in total. The molecule has 1 aromatic carbocycles. The Kier molecular flexibility index (Phi) is 3.08. The Hall–Kier alpha value is -2.60. The zero-order valence-electron chi connectivity index (χ0n) is 13.6. The molecule has 0 saturated carbocycles. The number of nitrogen functional groups attached to an aromatic ring is 1. The Balaban J connectivity index is 2.07. The topological polar surface area (TPSA) is 85.4 Å². The lowest BCUT2D eigenvalue weighted by Crippen LogP contribution is -2.23. The van der Waals surface area contributed by atoms with E-state index in [-0.39, 0.29) is 5.54 Å². The molecule has 24 heavy (non-hydrogen) atoms. The molecule has 0 amide bonds. The first-order valence-corrected chi connectivity index (χ1v) is 8.01. The third kappa shape index (κ3) is 2.14. The molecule has 0 fully saturated rings. The number of benzene rings is 1. The minimum absolute atomic E-state index is 0.235. The van der Waals surface area contributed by atoms with Crippen LogP contribution in [0.15, 0.2) is 30.6 Å². The fourth-order valence-electron chi connectivity index (χ4n) is 2.88. The Labute approximate surface area is 143 Å². The van der Waals surface area contributed by atoms with Gasteiger partial charge in [-0.2, -0.15) is 5.10 Å². The van der Waals surface area contributed by atoms with Crippen LogP contribution < -0.4 is 5.73 Å². The molecule has 0 saturated heterocycles. The van der Waals surface area contributed by atoms with E-state index in [0.29, 0.717) is 10.8 Å². The number of aromatic nitrogens is 5. The summed E-state index contributed by atoms with van der Waals surface area (Å²) in [5.41, 5.74) is 9.13. The molecule has 3 N–H and O–H groups in total. The van der Waals surface area contributed by atoms with Crippen molar-refractivity contribution >= 4 is 39.4 Å². The highest BCUT2D eigenvalue weighted by atomic mass is 35.5. The highest BCUT2D eigenvalue weighted by Gasteiger charge is 2.24. The molecule has 0 aliphatic rings. The van der Waals surface area contributed by atoms with Crippen molar-refractivity contribution in [2.75, 3.05) is 5.73 Å². The van der Waals surface area contributed by atoms with E-state index in [1.165, 1.54) is 6.33 Å². The summed E-state index contributed by atoms with van der Waals surface area (Å²) in [7, 11) is 0. The first-order valence-electron chi connectivity index (χ1n) is 7.63. The van der Waals surface area contributed by atoms with E-state index >= 15 is 0 Å². The fourth-order valence-corrected chi connectivity index (χ4v) is 3.11. The second kappa shape index (κ2) is 4.95. The molecular weight excluding hydrogens is 324 g/mol. The van der Waals surface area contributed by atoms with Gasteiger partial charge in [-0.3, -0.25) is 0 Å². The van der Waals surface area contributed by atoms with Crippen molar-refractivity contribution in [1.29, 1.82) is 0 Å². The molecule has 0 unspecified atom stereocenters. The summed E-state index contributed by atoms with van der Waals surface area (Å²) in [6.45, 7) is 6.22. The third-order valence-corrected chi connectivity index (χ3v) is 4.33. The smallest absolute Gasteiger partial charge is 0.164 e. The van der Waals surface area contributed by atoms with Gasteiger partial charge in [-0.1, -0.05) is 17.7 Å². The van der Waals surface area contributed by atoms with Crippen LogP contribution in [0.25, 0.3) is 33.3 Å². The molecule has 122 valence electrons. The standard InChI is InChI=1S/C17H17ClN6/c1-17(2,3)24-16-13(15(19)20-8-21-16)14(23-24)12-7-9-10(18)5-4-6-11(9)22-12/h4-8,22H,1-3H3,(H2,19,20,21). The van der Waals surface area contributed by atoms with Crippen LogP contribution >= 0.6 is 11.6 Å². The maximum atomic E-state index is 6.29. The van der Waals surface area contributed by atoms with Crippen molar-refractivity contribution in [2.24, 2.45) is 0 Å². The van der Waals surface area contributed by atoms with Crippen LogP contribution in [0.4, 0.5) is 5.82 Å². The second-order valence-electron chi connectivity index (χ2n) is 6.77. The van der Waals surface area contributed by atoms with Gasteiger partial charge in [0, 0.05) is 15.9 Å². The number of anilines is 1. The lowest BCUT2D eigenvalue weighted by molar-refractivity contribution is 0.366. The lowest BCUT2D eigenvalue weighted by Gasteiger charge is -2.19. The lowest BCUT2D eigenvalue weighted by atomic mass is 10.1. The summed E-state index contributed by atoms with van der Waals surface area (Å²) in [5.74, 6) is 0.412. The molecule has 0 spiro atoms. The summed E-state index contributed by atoms with van der Waals surface area (Å²) in [6.07, 6.45) is 1.47. The van der Waals surface area contributed by atoms with E-state index in [1.54, 1.807) is 0 Å². The van der Waals surface area contributed by atoms with Crippen LogP contribution in [0.2, 0.25) is 5.02 Å². The normalized spacial score (nSPS) is 12.3. The summed E-state index contributed by atoms with van der Waals surface area (Å²) in [4.78, 5) is 11.9. The number of hydrogen-bond donors (Lipinski definition) is 2. The van der Waals surface area contributed by atoms with E-state index in [1.807, 2.05) is 28.9 Å². The van der Waals surface area contributed by atoms with Crippen LogP contribution in [-0.4, -0.2) is 24.7 Å². The molecule has 3 heterocycles. The number of H-pyrrole nitrogens is 1. The van der Waals surface area contributed by atoms with Crippen molar-refractivity contribution in [3.05, 3.63) is 35.6 Å². The van der Waals surface area contributed by atoms with Gasteiger partial charge in [0.25, 0.3) is 0 Å². The highest BCUT2D eigenvalue weighted by molar-refractivity contribution is 6.35. The molecule has 0 aliphatic heterocycles. The van der Waals surface area contributed by atoms with Gasteiger partial charge >= 0.3 is 0 Å². The summed E-state index contributed by atoms with van der Waals surface area (Å²) in [6, 6.07) is 7.74. The third-order valence-electron chi connectivity index (χ3n) is 4.00. The maximum absolute atomic E-state index is 6.29. The van der Waals surface area contributed by atoms with Gasteiger partial charge in [-0.25, -0.2) is 14.6 Å². The number of nitrogens with zero attached hydrogens (tertiary/aromatic N) is 4. The van der Waals surface area contributed by atoms with Crippen LogP contribution in [-0.2, 0) is 5.54 Å².